The van der Waals surface area contributed by atoms with Crippen LogP contribution in [0.4, 0.5) is 0 Å². The van der Waals surface area contributed by atoms with Crippen LogP contribution >= 0.6 is 0 Å². The zero-order chi connectivity index (χ0) is 26.3. The molecule has 0 N–H and O–H groups in total. The summed E-state index contributed by atoms with van der Waals surface area (Å²) in [6.45, 7) is 21.5. The fraction of sp³-hybridized carbons (Fsp3) is 0.833. The molecule has 1 unspecified atom stereocenters. The van der Waals surface area contributed by atoms with Gasteiger partial charge in [0.05, 0.1) is 5.60 Å². The van der Waals surface area contributed by atoms with Crippen LogP contribution < -0.4 is 0 Å². The first-order valence-electron chi connectivity index (χ1n) is 14.0. The van der Waals surface area contributed by atoms with Gasteiger partial charge in [-0.1, -0.05) is 68.2 Å². The van der Waals surface area contributed by atoms with Gasteiger partial charge in [0, 0.05) is 30.4 Å². The van der Waals surface area contributed by atoms with Crippen molar-refractivity contribution in [1.82, 2.24) is 0 Å². The largest absolute Gasteiger partial charge is 0.462 e. The summed E-state index contributed by atoms with van der Waals surface area (Å²) in [6.07, 6.45) is 9.84. The van der Waals surface area contributed by atoms with E-state index in [1.54, 1.807) is 7.11 Å². The second kappa shape index (κ2) is 17.2. The molecule has 0 aliphatic carbocycles. The Morgan fingerprint density at radius 3 is 1.59 bits per heavy atom. The molecule has 0 aliphatic heterocycles. The molecule has 0 radical (unpaired) electrons. The van der Waals surface area contributed by atoms with E-state index in [0.717, 1.165) is 68.5 Å². The monoisotopic (exact) mass is 480 g/mol. The summed E-state index contributed by atoms with van der Waals surface area (Å²) < 4.78 is 18.7. The maximum Gasteiger partial charge on any atom is 0.229 e. The quantitative estimate of drug-likeness (QED) is 0.105. The van der Waals surface area contributed by atoms with Crippen molar-refractivity contribution in [2.75, 3.05) is 13.9 Å². The first-order valence-corrected chi connectivity index (χ1v) is 14.0. The number of hydrogen-bond acceptors (Lipinski definition) is 4. The van der Waals surface area contributed by atoms with Crippen molar-refractivity contribution in [2.24, 2.45) is 23.7 Å². The Labute approximate surface area is 211 Å². The normalized spacial score (nSPS) is 15.2. The maximum atomic E-state index is 13.1. The lowest BCUT2D eigenvalue weighted by Crippen LogP contribution is -2.35. The van der Waals surface area contributed by atoms with E-state index in [2.05, 4.69) is 68.4 Å². The third-order valence-corrected chi connectivity index (χ3v) is 7.94. The highest BCUT2D eigenvalue weighted by Crippen LogP contribution is 2.33. The first kappa shape index (κ1) is 32.7. The topological polar surface area (TPSA) is 44.8 Å². The minimum absolute atomic E-state index is 0.0522. The molecule has 0 amide bonds. The van der Waals surface area contributed by atoms with E-state index in [4.69, 9.17) is 14.2 Å². The van der Waals surface area contributed by atoms with Gasteiger partial charge in [-0.25, -0.2) is 0 Å². The van der Waals surface area contributed by atoms with E-state index in [1.165, 1.54) is 0 Å². The average molecular weight is 481 g/mol. The average Bonchev–Trinajstić information content (AvgIpc) is 2.85. The number of rotatable bonds is 19. The third-order valence-electron chi connectivity index (χ3n) is 7.94. The molecule has 0 fully saturated rings. The van der Waals surface area contributed by atoms with Crippen LogP contribution in [0, 0.1) is 23.7 Å². The molecule has 0 aromatic heterocycles. The first-order chi connectivity index (χ1) is 16.2. The number of ketones is 1. The molecule has 200 valence electrons. The van der Waals surface area contributed by atoms with Crippen molar-refractivity contribution in [1.29, 1.82) is 0 Å². The Morgan fingerprint density at radius 1 is 0.735 bits per heavy atom. The summed E-state index contributed by atoms with van der Waals surface area (Å²) in [4.78, 5) is 13.1. The molecule has 34 heavy (non-hydrogen) atoms. The molecule has 0 aromatic carbocycles. The number of methoxy groups -OCH3 is 1. The molecule has 1 atom stereocenters. The number of carbonyl (C=O) groups is 1. The van der Waals surface area contributed by atoms with Crippen molar-refractivity contribution in [2.45, 2.75) is 126 Å². The molecule has 0 aliphatic rings. The van der Waals surface area contributed by atoms with Gasteiger partial charge in [0.25, 0.3) is 0 Å². The lowest BCUT2D eigenvalue weighted by Gasteiger charge is -2.34. The Bertz CT molecular complexity index is 620. The van der Waals surface area contributed by atoms with Crippen molar-refractivity contribution < 1.29 is 19.0 Å². The Hall–Kier alpha value is -1.29. The van der Waals surface area contributed by atoms with E-state index in [-0.39, 0.29) is 24.4 Å². The van der Waals surface area contributed by atoms with Gasteiger partial charge in [0.15, 0.2) is 5.78 Å². The molecule has 0 bridgehead atoms. The van der Waals surface area contributed by atoms with Gasteiger partial charge >= 0.3 is 0 Å². The van der Waals surface area contributed by atoms with Crippen LogP contribution in [0.25, 0.3) is 0 Å². The predicted molar refractivity (Wildman–Crippen MR) is 145 cm³/mol. The lowest BCUT2D eigenvalue weighted by molar-refractivity contribution is -0.119. The van der Waals surface area contributed by atoms with Crippen LogP contribution in [0.1, 0.15) is 121 Å². The molecule has 0 saturated heterocycles. The third kappa shape index (κ3) is 9.06. The van der Waals surface area contributed by atoms with Crippen LogP contribution in [0.5, 0.6) is 0 Å². The van der Waals surface area contributed by atoms with E-state index >= 15 is 0 Å². The fourth-order valence-corrected chi connectivity index (χ4v) is 5.13. The molecule has 4 heteroatoms. The summed E-state index contributed by atoms with van der Waals surface area (Å²) in [7, 11) is 1.79. The van der Waals surface area contributed by atoms with Gasteiger partial charge in [0.1, 0.15) is 11.5 Å². The van der Waals surface area contributed by atoms with Crippen molar-refractivity contribution in [3.05, 3.63) is 23.2 Å². The molecule has 4 nitrogen and oxygen atoms in total. The second-order valence-corrected chi connectivity index (χ2v) is 9.75. The summed E-state index contributed by atoms with van der Waals surface area (Å²) in [6, 6.07) is 0. The molecular weight excluding hydrogens is 424 g/mol. The Morgan fingerprint density at radius 2 is 1.21 bits per heavy atom. The summed E-state index contributed by atoms with van der Waals surface area (Å²) in [5, 5.41) is 0. The van der Waals surface area contributed by atoms with E-state index < -0.39 is 5.60 Å². The van der Waals surface area contributed by atoms with Crippen molar-refractivity contribution in [3.8, 4) is 0 Å². The summed E-state index contributed by atoms with van der Waals surface area (Å²) >= 11 is 0. The van der Waals surface area contributed by atoms with Gasteiger partial charge in [-0.05, 0) is 64.4 Å². The Balaban J connectivity index is 6.05. The van der Waals surface area contributed by atoms with E-state index in [1.807, 2.05) is 6.92 Å². The van der Waals surface area contributed by atoms with Crippen molar-refractivity contribution in [3.63, 3.8) is 0 Å². The highest BCUT2D eigenvalue weighted by atomic mass is 16.7. The number of Topliss-reactive ketones (excluding diaryl/α,β-unsaturated/α-hetero) is 1. The highest BCUT2D eigenvalue weighted by Gasteiger charge is 2.32. The summed E-state index contributed by atoms with van der Waals surface area (Å²) in [5.41, 5.74) is 0.370. The second-order valence-electron chi connectivity index (χ2n) is 9.75. The number of hydrogen-bond donors (Lipinski definition) is 0. The minimum Gasteiger partial charge on any atom is -0.462 e. The van der Waals surface area contributed by atoms with Crippen LogP contribution in [-0.4, -0.2) is 25.3 Å². The Kier molecular flexibility index (Phi) is 16.5. The fourth-order valence-electron chi connectivity index (χ4n) is 5.13. The van der Waals surface area contributed by atoms with Gasteiger partial charge in [-0.3, -0.25) is 4.79 Å². The molecule has 0 spiro atoms. The van der Waals surface area contributed by atoms with Gasteiger partial charge < -0.3 is 14.2 Å². The van der Waals surface area contributed by atoms with Crippen LogP contribution in [0.15, 0.2) is 23.2 Å². The van der Waals surface area contributed by atoms with Crippen LogP contribution in [-0.2, 0) is 19.0 Å². The smallest absolute Gasteiger partial charge is 0.229 e. The molecular formula is C30H56O4. The molecule has 0 rings (SSSR count). The SMILES string of the molecule is CCC(CC)C(=O)/C(C)=C(\OCO/C(=C\C(C)(OC)C(CC)CC)C(CC)CC)C(CC)CC. The lowest BCUT2D eigenvalue weighted by atomic mass is 9.82. The number of ether oxygens (including phenoxy) is 3. The van der Waals surface area contributed by atoms with Gasteiger partial charge in [0.2, 0.25) is 6.79 Å². The van der Waals surface area contributed by atoms with E-state index in [0.29, 0.717) is 11.8 Å². The zero-order valence-electron chi connectivity index (χ0n) is 24.4. The van der Waals surface area contributed by atoms with Crippen molar-refractivity contribution >= 4 is 5.78 Å². The predicted octanol–water partition coefficient (Wildman–Crippen LogP) is 8.85. The molecule has 0 heterocycles. The van der Waals surface area contributed by atoms with Crippen LogP contribution in [0.3, 0.4) is 0 Å². The number of carbonyl (C=O) groups excluding carboxylic acids is 1. The van der Waals surface area contributed by atoms with Gasteiger partial charge in [-0.2, -0.15) is 0 Å². The summed E-state index contributed by atoms with van der Waals surface area (Å²) in [5.74, 6) is 2.94. The minimum atomic E-state index is -0.392. The molecule has 0 saturated carbocycles. The number of allylic oxidation sites excluding steroid dienone is 3. The highest BCUT2D eigenvalue weighted by molar-refractivity contribution is 5.97. The van der Waals surface area contributed by atoms with E-state index in [9.17, 15) is 4.79 Å². The molecule has 0 aromatic rings. The van der Waals surface area contributed by atoms with Gasteiger partial charge in [-0.15, -0.1) is 0 Å². The van der Waals surface area contributed by atoms with Crippen LogP contribution in [0.2, 0.25) is 0 Å². The maximum absolute atomic E-state index is 13.1. The zero-order valence-corrected chi connectivity index (χ0v) is 24.4. The standard InChI is InChI=1S/C30H56O4/c1-12-23(13-2)27(20-30(10,32-11)26(18-7)19-8)33-21-34-29(25(16-5)17-6)22(9)28(31)24(14-3)15-4/h20,23-26H,12-19,21H2,1-11H3/b27-20-,29-22-.